The fourth-order valence-electron chi connectivity index (χ4n) is 1.81. The Morgan fingerprint density at radius 2 is 2.26 bits per heavy atom. The van der Waals surface area contributed by atoms with Gasteiger partial charge in [0, 0.05) is 18.5 Å². The fourth-order valence-corrected chi connectivity index (χ4v) is 3.56. The van der Waals surface area contributed by atoms with Crippen LogP contribution in [0.4, 0.5) is 0 Å². The van der Waals surface area contributed by atoms with Crippen molar-refractivity contribution in [1.29, 1.82) is 0 Å². The molecule has 0 amide bonds. The molecule has 1 aromatic rings. The first kappa shape index (κ1) is 14.9. The first-order valence-electron chi connectivity index (χ1n) is 6.56. The highest BCUT2D eigenvalue weighted by Crippen LogP contribution is 2.18. The zero-order valence-electron chi connectivity index (χ0n) is 11.4. The standard InChI is InChI=1S/C12H21N3O2S2/c1-10-14-12(9-18-10)8-15(2)19(16,17)7-3-6-13-11-4-5-11/h9,11,13H,3-8H2,1-2H3. The molecule has 0 aromatic carbocycles. The van der Waals surface area contributed by atoms with E-state index in [0.29, 0.717) is 19.0 Å². The summed E-state index contributed by atoms with van der Waals surface area (Å²) in [5.41, 5.74) is 0.824. The van der Waals surface area contributed by atoms with Gasteiger partial charge in [-0.2, -0.15) is 4.31 Å². The van der Waals surface area contributed by atoms with Crippen LogP contribution in [0.15, 0.2) is 5.38 Å². The Hall–Kier alpha value is -0.500. The predicted molar refractivity (Wildman–Crippen MR) is 77.7 cm³/mol. The Balaban J connectivity index is 1.76. The van der Waals surface area contributed by atoms with Crippen LogP contribution >= 0.6 is 11.3 Å². The topological polar surface area (TPSA) is 62.3 Å². The Morgan fingerprint density at radius 1 is 1.53 bits per heavy atom. The second-order valence-electron chi connectivity index (χ2n) is 5.01. The van der Waals surface area contributed by atoms with Crippen LogP contribution in [-0.4, -0.2) is 43.1 Å². The number of hydrogen-bond donors (Lipinski definition) is 1. The first-order valence-corrected chi connectivity index (χ1v) is 9.04. The van der Waals surface area contributed by atoms with Crippen molar-refractivity contribution in [3.63, 3.8) is 0 Å². The highest BCUT2D eigenvalue weighted by Gasteiger charge is 2.21. The summed E-state index contributed by atoms with van der Waals surface area (Å²) >= 11 is 1.55. The largest absolute Gasteiger partial charge is 0.314 e. The predicted octanol–water partition coefficient (Wildman–Crippen LogP) is 1.36. The molecule has 0 bridgehead atoms. The molecule has 1 N–H and O–H groups in total. The van der Waals surface area contributed by atoms with E-state index >= 15 is 0 Å². The summed E-state index contributed by atoms with van der Waals surface area (Å²) in [5, 5.41) is 6.21. The highest BCUT2D eigenvalue weighted by molar-refractivity contribution is 7.89. The molecule has 0 spiro atoms. The monoisotopic (exact) mass is 303 g/mol. The molecule has 1 saturated carbocycles. The minimum absolute atomic E-state index is 0.201. The number of nitrogens with one attached hydrogen (secondary N) is 1. The fraction of sp³-hybridized carbons (Fsp3) is 0.750. The molecule has 7 heteroatoms. The molecule has 1 aliphatic rings. The number of hydrogen-bond acceptors (Lipinski definition) is 5. The van der Waals surface area contributed by atoms with Gasteiger partial charge in [-0.05, 0) is 32.7 Å². The van der Waals surface area contributed by atoms with E-state index in [4.69, 9.17) is 0 Å². The smallest absolute Gasteiger partial charge is 0.214 e. The van der Waals surface area contributed by atoms with Crippen molar-refractivity contribution in [2.24, 2.45) is 0 Å². The van der Waals surface area contributed by atoms with E-state index < -0.39 is 10.0 Å². The number of nitrogens with zero attached hydrogens (tertiary/aromatic N) is 2. The van der Waals surface area contributed by atoms with Crippen molar-refractivity contribution in [2.75, 3.05) is 19.3 Å². The summed E-state index contributed by atoms with van der Waals surface area (Å²) in [7, 11) is -1.55. The summed E-state index contributed by atoms with van der Waals surface area (Å²) in [4.78, 5) is 4.29. The normalized spacial score (nSPS) is 16.2. The Labute approximate surface area is 119 Å². The van der Waals surface area contributed by atoms with Gasteiger partial charge < -0.3 is 5.32 Å². The van der Waals surface area contributed by atoms with Gasteiger partial charge in [0.1, 0.15) is 0 Å². The van der Waals surface area contributed by atoms with Gasteiger partial charge >= 0.3 is 0 Å². The van der Waals surface area contributed by atoms with Crippen molar-refractivity contribution in [1.82, 2.24) is 14.6 Å². The molecule has 5 nitrogen and oxygen atoms in total. The first-order chi connectivity index (χ1) is 8.97. The number of thiazole rings is 1. The van der Waals surface area contributed by atoms with Gasteiger partial charge in [0.05, 0.1) is 23.0 Å². The lowest BCUT2D eigenvalue weighted by molar-refractivity contribution is 0.460. The maximum absolute atomic E-state index is 12.1. The van der Waals surface area contributed by atoms with Crippen molar-refractivity contribution in [3.8, 4) is 0 Å². The Morgan fingerprint density at radius 3 is 2.84 bits per heavy atom. The molecule has 1 heterocycles. The van der Waals surface area contributed by atoms with Crippen molar-refractivity contribution in [3.05, 3.63) is 16.1 Å². The Bertz CT molecular complexity index is 509. The third-order valence-electron chi connectivity index (χ3n) is 3.12. The van der Waals surface area contributed by atoms with Gasteiger partial charge in [0.25, 0.3) is 0 Å². The van der Waals surface area contributed by atoms with Crippen molar-refractivity contribution >= 4 is 21.4 Å². The summed E-state index contributed by atoms with van der Waals surface area (Å²) in [6.07, 6.45) is 3.13. The van der Waals surface area contributed by atoms with Gasteiger partial charge in [0.15, 0.2) is 0 Å². The molecule has 1 aliphatic carbocycles. The molecule has 0 unspecified atom stereocenters. The minimum Gasteiger partial charge on any atom is -0.314 e. The van der Waals surface area contributed by atoms with E-state index in [1.807, 2.05) is 12.3 Å². The maximum atomic E-state index is 12.1. The van der Waals surface area contributed by atoms with E-state index in [1.165, 1.54) is 17.1 Å². The molecular formula is C12H21N3O2S2. The maximum Gasteiger partial charge on any atom is 0.214 e. The van der Waals surface area contributed by atoms with E-state index in [2.05, 4.69) is 10.3 Å². The average molecular weight is 303 g/mol. The molecule has 0 saturated heterocycles. The summed E-state index contributed by atoms with van der Waals surface area (Å²) in [6.45, 7) is 3.07. The van der Waals surface area contributed by atoms with E-state index in [1.54, 1.807) is 18.4 Å². The number of sulfonamides is 1. The van der Waals surface area contributed by atoms with Gasteiger partial charge in [-0.3, -0.25) is 0 Å². The molecule has 1 aromatic heterocycles. The van der Waals surface area contributed by atoms with Gasteiger partial charge in [-0.25, -0.2) is 13.4 Å². The quantitative estimate of drug-likeness (QED) is 0.737. The third kappa shape index (κ3) is 4.83. The summed E-state index contributed by atoms with van der Waals surface area (Å²) in [6, 6.07) is 0.637. The lowest BCUT2D eigenvalue weighted by atomic mass is 10.5. The van der Waals surface area contributed by atoms with E-state index in [9.17, 15) is 8.42 Å². The van der Waals surface area contributed by atoms with Crippen LogP contribution in [0, 0.1) is 6.92 Å². The Kier molecular flexibility index (Phi) is 4.94. The number of aromatic nitrogens is 1. The number of rotatable bonds is 8. The van der Waals surface area contributed by atoms with Gasteiger partial charge in [0.2, 0.25) is 10.0 Å². The zero-order chi connectivity index (χ0) is 13.9. The third-order valence-corrected chi connectivity index (χ3v) is 5.82. The van der Waals surface area contributed by atoms with Gasteiger partial charge in [-0.15, -0.1) is 11.3 Å². The summed E-state index contributed by atoms with van der Waals surface area (Å²) in [5.74, 6) is 0.201. The van der Waals surface area contributed by atoms with Crippen LogP contribution in [0.3, 0.4) is 0 Å². The SMILES string of the molecule is Cc1nc(CN(C)S(=O)(=O)CCCNC2CC2)cs1. The second-order valence-corrected chi connectivity index (χ2v) is 8.27. The lowest BCUT2D eigenvalue weighted by Crippen LogP contribution is -2.30. The second kappa shape index (κ2) is 6.30. The molecule has 19 heavy (non-hydrogen) atoms. The molecule has 2 rings (SSSR count). The molecule has 108 valence electrons. The van der Waals surface area contributed by atoms with Crippen LogP contribution in [0.25, 0.3) is 0 Å². The van der Waals surface area contributed by atoms with Crippen LogP contribution < -0.4 is 5.32 Å². The minimum atomic E-state index is -3.17. The zero-order valence-corrected chi connectivity index (χ0v) is 13.1. The molecule has 0 radical (unpaired) electrons. The van der Waals surface area contributed by atoms with Gasteiger partial charge in [-0.1, -0.05) is 0 Å². The van der Waals surface area contributed by atoms with E-state index in [-0.39, 0.29) is 5.75 Å². The van der Waals surface area contributed by atoms with Crippen molar-refractivity contribution < 1.29 is 8.42 Å². The van der Waals surface area contributed by atoms with Crippen LogP contribution in [0.1, 0.15) is 30.0 Å². The lowest BCUT2D eigenvalue weighted by Gasteiger charge is -2.16. The summed E-state index contributed by atoms with van der Waals surface area (Å²) < 4.78 is 25.6. The van der Waals surface area contributed by atoms with Crippen LogP contribution in [-0.2, 0) is 16.6 Å². The van der Waals surface area contributed by atoms with E-state index in [0.717, 1.165) is 17.2 Å². The van der Waals surface area contributed by atoms with Crippen molar-refractivity contribution in [2.45, 2.75) is 38.8 Å². The number of aryl methyl sites for hydroxylation is 1. The van der Waals surface area contributed by atoms with Crippen LogP contribution in [0.5, 0.6) is 0 Å². The molecule has 0 atom stereocenters. The average Bonchev–Trinajstić information content (AvgIpc) is 3.08. The highest BCUT2D eigenvalue weighted by atomic mass is 32.2. The molecular weight excluding hydrogens is 282 g/mol. The molecule has 1 fully saturated rings. The van der Waals surface area contributed by atoms with Crippen LogP contribution in [0.2, 0.25) is 0 Å². The molecule has 0 aliphatic heterocycles.